The topological polar surface area (TPSA) is 46.3 Å². The molecular weight excluding hydrogens is 200 g/mol. The maximum atomic E-state index is 11.7. The van der Waals surface area contributed by atoms with Crippen molar-refractivity contribution in [2.24, 2.45) is 5.73 Å². The molecule has 0 bridgehead atoms. The first-order valence-corrected chi connectivity index (χ1v) is 5.30. The molecule has 0 aliphatic carbocycles. The lowest BCUT2D eigenvalue weighted by molar-refractivity contribution is -0.132. The molecule has 0 aromatic rings. The highest BCUT2D eigenvalue weighted by Gasteiger charge is 2.19. The van der Waals surface area contributed by atoms with E-state index >= 15 is 0 Å². The lowest BCUT2D eigenvalue weighted by Crippen LogP contribution is -2.43. The van der Waals surface area contributed by atoms with Gasteiger partial charge in [-0.2, -0.15) is 0 Å². The second-order valence-electron chi connectivity index (χ2n) is 3.75. The van der Waals surface area contributed by atoms with Gasteiger partial charge < -0.3 is 10.6 Å². The molecule has 2 N–H and O–H groups in total. The van der Waals surface area contributed by atoms with E-state index in [1.54, 1.807) is 0 Å². The summed E-state index contributed by atoms with van der Waals surface area (Å²) in [5.74, 6) is 0.143. The van der Waals surface area contributed by atoms with Gasteiger partial charge in [-0.1, -0.05) is 19.8 Å². The van der Waals surface area contributed by atoms with Crippen LogP contribution in [0.3, 0.4) is 0 Å². The smallest absolute Gasteiger partial charge is 0.239 e. The Bertz CT molecular complexity index is 168. The van der Waals surface area contributed by atoms with Crippen LogP contribution < -0.4 is 5.73 Å². The van der Waals surface area contributed by atoms with Gasteiger partial charge in [-0.25, -0.2) is 0 Å². The predicted octanol–water partition coefficient (Wildman–Crippen LogP) is 1.55. The van der Waals surface area contributed by atoms with Gasteiger partial charge in [0.25, 0.3) is 0 Å². The van der Waals surface area contributed by atoms with Gasteiger partial charge in [0.05, 0.1) is 6.04 Å². The summed E-state index contributed by atoms with van der Waals surface area (Å²) in [7, 11) is 0. The van der Waals surface area contributed by atoms with Gasteiger partial charge in [-0.3, -0.25) is 4.79 Å². The molecule has 3 nitrogen and oxygen atoms in total. The molecule has 1 rings (SSSR count). The SMILES string of the molecule is CCC(N)C(=O)N1CCCCCC1.Cl. The Labute approximate surface area is 92.4 Å². The van der Waals surface area contributed by atoms with Gasteiger partial charge in [-0.15, -0.1) is 12.4 Å². The second kappa shape index (κ2) is 7.07. The van der Waals surface area contributed by atoms with E-state index in [4.69, 9.17) is 5.73 Å². The molecule has 0 aromatic heterocycles. The van der Waals surface area contributed by atoms with Crippen LogP contribution in [0.4, 0.5) is 0 Å². The summed E-state index contributed by atoms with van der Waals surface area (Å²) in [6, 6.07) is -0.280. The summed E-state index contributed by atoms with van der Waals surface area (Å²) in [5, 5.41) is 0. The summed E-state index contributed by atoms with van der Waals surface area (Å²) in [5.41, 5.74) is 5.71. The van der Waals surface area contributed by atoms with Crippen molar-refractivity contribution in [1.29, 1.82) is 0 Å². The normalized spacial score (nSPS) is 19.4. The maximum Gasteiger partial charge on any atom is 0.239 e. The zero-order valence-electron chi connectivity index (χ0n) is 8.87. The van der Waals surface area contributed by atoms with Gasteiger partial charge in [0.1, 0.15) is 0 Å². The summed E-state index contributed by atoms with van der Waals surface area (Å²) in [6.07, 6.45) is 5.54. The molecule has 0 spiro atoms. The van der Waals surface area contributed by atoms with Crippen LogP contribution in [-0.4, -0.2) is 29.9 Å². The fourth-order valence-electron chi connectivity index (χ4n) is 1.70. The van der Waals surface area contributed by atoms with Crippen molar-refractivity contribution in [3.8, 4) is 0 Å². The number of hydrogen-bond acceptors (Lipinski definition) is 2. The highest BCUT2D eigenvalue weighted by atomic mass is 35.5. The monoisotopic (exact) mass is 220 g/mol. The van der Waals surface area contributed by atoms with E-state index in [2.05, 4.69) is 0 Å². The largest absolute Gasteiger partial charge is 0.341 e. The third-order valence-corrected chi connectivity index (χ3v) is 2.67. The molecule has 0 radical (unpaired) electrons. The highest BCUT2D eigenvalue weighted by molar-refractivity contribution is 5.85. The Morgan fingerprint density at radius 1 is 1.29 bits per heavy atom. The van der Waals surface area contributed by atoms with Crippen LogP contribution in [0.25, 0.3) is 0 Å². The highest BCUT2D eigenvalue weighted by Crippen LogP contribution is 2.10. The number of carbonyl (C=O) groups excluding carboxylic acids is 1. The summed E-state index contributed by atoms with van der Waals surface area (Å²) < 4.78 is 0. The minimum Gasteiger partial charge on any atom is -0.341 e. The lowest BCUT2D eigenvalue weighted by Gasteiger charge is -2.23. The Morgan fingerprint density at radius 3 is 2.21 bits per heavy atom. The molecular formula is C10H21ClN2O. The first-order valence-electron chi connectivity index (χ1n) is 5.30. The molecule has 0 saturated carbocycles. The van der Waals surface area contributed by atoms with Crippen molar-refractivity contribution in [3.05, 3.63) is 0 Å². The second-order valence-corrected chi connectivity index (χ2v) is 3.75. The fraction of sp³-hybridized carbons (Fsp3) is 0.900. The molecule has 14 heavy (non-hydrogen) atoms. The van der Waals surface area contributed by atoms with Crippen LogP contribution in [0.1, 0.15) is 39.0 Å². The molecule has 4 heteroatoms. The molecule has 1 heterocycles. The van der Waals surface area contributed by atoms with Gasteiger partial charge in [0.2, 0.25) is 5.91 Å². The summed E-state index contributed by atoms with van der Waals surface area (Å²) in [6.45, 7) is 3.78. The molecule has 1 atom stereocenters. The quantitative estimate of drug-likeness (QED) is 0.768. The zero-order chi connectivity index (χ0) is 9.68. The van der Waals surface area contributed by atoms with Crippen LogP contribution >= 0.6 is 12.4 Å². The predicted molar refractivity (Wildman–Crippen MR) is 60.6 cm³/mol. The average Bonchev–Trinajstić information content (AvgIpc) is 2.43. The van der Waals surface area contributed by atoms with Crippen molar-refractivity contribution in [2.45, 2.75) is 45.1 Å². The fourth-order valence-corrected chi connectivity index (χ4v) is 1.70. The molecule has 1 aliphatic rings. The zero-order valence-corrected chi connectivity index (χ0v) is 9.68. The Hall–Kier alpha value is -0.280. The number of nitrogens with zero attached hydrogens (tertiary/aromatic N) is 1. The van der Waals surface area contributed by atoms with E-state index in [1.165, 1.54) is 12.8 Å². The van der Waals surface area contributed by atoms with E-state index in [9.17, 15) is 4.79 Å². The molecule has 1 unspecified atom stereocenters. The number of nitrogens with two attached hydrogens (primary N) is 1. The molecule has 0 aromatic carbocycles. The third-order valence-electron chi connectivity index (χ3n) is 2.67. The van der Waals surface area contributed by atoms with Gasteiger partial charge >= 0.3 is 0 Å². The van der Waals surface area contributed by atoms with Crippen LogP contribution in [0.5, 0.6) is 0 Å². The van der Waals surface area contributed by atoms with E-state index in [-0.39, 0.29) is 24.4 Å². The minimum atomic E-state index is -0.280. The summed E-state index contributed by atoms with van der Waals surface area (Å²) >= 11 is 0. The van der Waals surface area contributed by atoms with Crippen molar-refractivity contribution in [1.82, 2.24) is 4.90 Å². The third kappa shape index (κ3) is 3.84. The van der Waals surface area contributed by atoms with Crippen molar-refractivity contribution < 1.29 is 4.79 Å². The van der Waals surface area contributed by atoms with E-state index in [0.29, 0.717) is 0 Å². The van der Waals surface area contributed by atoms with Crippen molar-refractivity contribution in [3.63, 3.8) is 0 Å². The number of likely N-dealkylation sites (tertiary alicyclic amines) is 1. The summed E-state index contributed by atoms with van der Waals surface area (Å²) in [4.78, 5) is 13.6. The van der Waals surface area contributed by atoms with Crippen LogP contribution in [0.2, 0.25) is 0 Å². The van der Waals surface area contributed by atoms with Gasteiger partial charge in [-0.05, 0) is 19.3 Å². The average molecular weight is 221 g/mol. The van der Waals surface area contributed by atoms with Crippen LogP contribution in [0, 0.1) is 0 Å². The van der Waals surface area contributed by atoms with Crippen molar-refractivity contribution >= 4 is 18.3 Å². The number of halogens is 1. The van der Waals surface area contributed by atoms with Crippen LogP contribution in [0.15, 0.2) is 0 Å². The molecule has 1 fully saturated rings. The maximum absolute atomic E-state index is 11.7. The first kappa shape index (κ1) is 13.7. The standard InChI is InChI=1S/C10H20N2O.ClH/c1-2-9(11)10(13)12-7-5-3-4-6-8-12;/h9H,2-8,11H2,1H3;1H. The lowest BCUT2D eigenvalue weighted by atomic mass is 10.2. The number of hydrogen-bond donors (Lipinski definition) is 1. The van der Waals surface area contributed by atoms with E-state index < -0.39 is 0 Å². The molecule has 1 aliphatic heterocycles. The minimum absolute atomic E-state index is 0. The number of amides is 1. The van der Waals surface area contributed by atoms with Gasteiger partial charge in [0.15, 0.2) is 0 Å². The molecule has 1 amide bonds. The van der Waals surface area contributed by atoms with Crippen LogP contribution in [-0.2, 0) is 4.79 Å². The number of carbonyl (C=O) groups is 1. The Morgan fingerprint density at radius 2 is 1.79 bits per heavy atom. The van der Waals surface area contributed by atoms with Crippen molar-refractivity contribution in [2.75, 3.05) is 13.1 Å². The Balaban J connectivity index is 0.00000169. The number of rotatable bonds is 2. The van der Waals surface area contributed by atoms with Gasteiger partial charge in [0, 0.05) is 13.1 Å². The Kier molecular flexibility index (Phi) is 6.93. The van der Waals surface area contributed by atoms with E-state index in [0.717, 1.165) is 32.4 Å². The molecule has 1 saturated heterocycles. The molecule has 84 valence electrons. The first-order chi connectivity index (χ1) is 6.25. The van der Waals surface area contributed by atoms with E-state index in [1.807, 2.05) is 11.8 Å².